The smallest absolute Gasteiger partial charge is 0.0891 e. The number of unbranched alkanes of at least 4 members (excludes halogenated alkanes) is 4. The lowest BCUT2D eigenvalue weighted by molar-refractivity contribution is 0.216. The highest BCUT2D eigenvalue weighted by molar-refractivity contribution is 8.02. The summed E-state index contributed by atoms with van der Waals surface area (Å²) in [7, 11) is 0. The van der Waals surface area contributed by atoms with Gasteiger partial charge in [-0.05, 0) is 45.2 Å². The standard InChI is InChI=1S/C14H28N2S2/c1-3-4-5-6-7-10-16-11-8-14(18-2,9-12-16)13(15)17/h3-12H2,1-2H3,(H2,15,17). The molecule has 18 heavy (non-hydrogen) atoms. The van der Waals surface area contributed by atoms with Crippen LogP contribution in [0.4, 0.5) is 0 Å². The molecule has 2 nitrogen and oxygen atoms in total. The lowest BCUT2D eigenvalue weighted by Crippen LogP contribution is -2.49. The molecule has 1 heterocycles. The molecule has 0 aromatic carbocycles. The Morgan fingerprint density at radius 3 is 2.33 bits per heavy atom. The average Bonchev–Trinajstić information content (AvgIpc) is 2.39. The molecular weight excluding hydrogens is 260 g/mol. The lowest BCUT2D eigenvalue weighted by atomic mass is 9.95. The van der Waals surface area contributed by atoms with E-state index >= 15 is 0 Å². The molecule has 0 bridgehead atoms. The van der Waals surface area contributed by atoms with Crippen molar-refractivity contribution in [3.63, 3.8) is 0 Å². The topological polar surface area (TPSA) is 29.3 Å². The Bertz CT molecular complexity index is 248. The lowest BCUT2D eigenvalue weighted by Gasteiger charge is -2.40. The number of hydrogen-bond donors (Lipinski definition) is 1. The van der Waals surface area contributed by atoms with Crippen LogP contribution in [0.15, 0.2) is 0 Å². The maximum atomic E-state index is 5.91. The summed E-state index contributed by atoms with van der Waals surface area (Å²) in [6.45, 7) is 5.84. The molecule has 0 atom stereocenters. The zero-order chi connectivity index (χ0) is 13.4. The predicted molar refractivity (Wildman–Crippen MR) is 87.5 cm³/mol. The van der Waals surface area contributed by atoms with Crippen LogP contribution in [0, 0.1) is 0 Å². The number of thioether (sulfide) groups is 1. The molecular formula is C14H28N2S2. The Kier molecular flexibility index (Phi) is 7.57. The Morgan fingerprint density at radius 2 is 1.83 bits per heavy atom. The molecule has 1 aliphatic heterocycles. The third-order valence-corrected chi connectivity index (χ3v) is 6.01. The molecule has 106 valence electrons. The quantitative estimate of drug-likeness (QED) is 0.547. The zero-order valence-corrected chi connectivity index (χ0v) is 13.5. The number of likely N-dealkylation sites (tertiary alicyclic amines) is 1. The summed E-state index contributed by atoms with van der Waals surface area (Å²) in [6.07, 6.45) is 11.2. The van der Waals surface area contributed by atoms with Gasteiger partial charge in [0.1, 0.15) is 0 Å². The second-order valence-corrected chi connectivity index (χ2v) is 6.95. The van der Waals surface area contributed by atoms with E-state index in [1.54, 1.807) is 0 Å². The maximum Gasteiger partial charge on any atom is 0.0891 e. The van der Waals surface area contributed by atoms with Gasteiger partial charge in [0, 0.05) is 0 Å². The number of rotatable bonds is 8. The Morgan fingerprint density at radius 1 is 1.22 bits per heavy atom. The molecule has 2 N–H and O–H groups in total. The Balaban J connectivity index is 2.20. The third-order valence-electron chi connectivity index (χ3n) is 4.08. The molecule has 1 aliphatic rings. The molecule has 0 radical (unpaired) electrons. The Labute approximate surface area is 122 Å². The van der Waals surface area contributed by atoms with E-state index in [9.17, 15) is 0 Å². The van der Waals surface area contributed by atoms with Crippen molar-refractivity contribution in [2.45, 2.75) is 56.6 Å². The first-order valence-electron chi connectivity index (χ1n) is 7.22. The van der Waals surface area contributed by atoms with Crippen LogP contribution in [0.1, 0.15) is 51.9 Å². The van der Waals surface area contributed by atoms with Gasteiger partial charge in [0.05, 0.1) is 9.74 Å². The summed E-state index contributed by atoms with van der Waals surface area (Å²) in [5.41, 5.74) is 5.91. The van der Waals surface area contributed by atoms with Crippen molar-refractivity contribution in [3.8, 4) is 0 Å². The fraction of sp³-hybridized carbons (Fsp3) is 0.929. The van der Waals surface area contributed by atoms with Gasteiger partial charge in [0.15, 0.2) is 0 Å². The minimum atomic E-state index is 0.0774. The van der Waals surface area contributed by atoms with Gasteiger partial charge in [-0.2, -0.15) is 11.8 Å². The van der Waals surface area contributed by atoms with Gasteiger partial charge in [-0.15, -0.1) is 0 Å². The highest BCUT2D eigenvalue weighted by Gasteiger charge is 2.36. The molecule has 0 unspecified atom stereocenters. The summed E-state index contributed by atoms with van der Waals surface area (Å²) in [6, 6.07) is 0. The van der Waals surface area contributed by atoms with E-state index in [1.807, 2.05) is 11.8 Å². The predicted octanol–water partition coefficient (Wildman–Crippen LogP) is 3.44. The van der Waals surface area contributed by atoms with E-state index < -0.39 is 0 Å². The van der Waals surface area contributed by atoms with Crippen molar-refractivity contribution in [1.29, 1.82) is 0 Å². The van der Waals surface area contributed by atoms with E-state index in [0.29, 0.717) is 4.99 Å². The van der Waals surface area contributed by atoms with E-state index in [0.717, 1.165) is 25.9 Å². The molecule has 1 rings (SSSR count). The third kappa shape index (κ3) is 4.71. The first kappa shape index (κ1) is 16.3. The molecule has 0 aliphatic carbocycles. The molecule has 0 spiro atoms. The van der Waals surface area contributed by atoms with Crippen molar-refractivity contribution < 1.29 is 0 Å². The number of thiocarbonyl (C=S) groups is 1. The molecule has 0 amide bonds. The number of nitrogens with two attached hydrogens (primary N) is 1. The summed E-state index contributed by atoms with van der Waals surface area (Å²) in [5.74, 6) is 0. The van der Waals surface area contributed by atoms with Crippen LogP contribution in [0.3, 0.4) is 0 Å². The van der Waals surface area contributed by atoms with Crippen molar-refractivity contribution in [3.05, 3.63) is 0 Å². The minimum Gasteiger partial charge on any atom is -0.392 e. The summed E-state index contributed by atoms with van der Waals surface area (Å²) < 4.78 is 0.0774. The second-order valence-electron chi connectivity index (χ2n) is 5.32. The molecule has 0 aromatic heterocycles. The zero-order valence-electron chi connectivity index (χ0n) is 11.9. The van der Waals surface area contributed by atoms with Gasteiger partial charge >= 0.3 is 0 Å². The van der Waals surface area contributed by atoms with Crippen LogP contribution in [0.25, 0.3) is 0 Å². The van der Waals surface area contributed by atoms with Gasteiger partial charge in [-0.1, -0.05) is 44.8 Å². The van der Waals surface area contributed by atoms with E-state index in [2.05, 4.69) is 18.1 Å². The van der Waals surface area contributed by atoms with E-state index in [4.69, 9.17) is 18.0 Å². The van der Waals surface area contributed by atoms with Crippen molar-refractivity contribution in [2.24, 2.45) is 5.73 Å². The fourth-order valence-corrected chi connectivity index (χ4v) is 3.87. The van der Waals surface area contributed by atoms with Gasteiger partial charge in [-0.3, -0.25) is 0 Å². The first-order valence-corrected chi connectivity index (χ1v) is 8.85. The van der Waals surface area contributed by atoms with E-state index in [1.165, 1.54) is 38.6 Å². The SMILES string of the molecule is CCCCCCCN1CCC(SC)(C(N)=S)CC1. The number of nitrogens with zero attached hydrogens (tertiary/aromatic N) is 1. The molecule has 0 aromatic rings. The fourth-order valence-electron chi connectivity index (χ4n) is 2.63. The summed E-state index contributed by atoms with van der Waals surface area (Å²) in [4.78, 5) is 3.29. The largest absolute Gasteiger partial charge is 0.392 e. The van der Waals surface area contributed by atoms with Crippen molar-refractivity contribution >= 4 is 29.0 Å². The average molecular weight is 289 g/mol. The van der Waals surface area contributed by atoms with Gasteiger partial charge < -0.3 is 10.6 Å². The Hall–Kier alpha value is 0.200. The number of piperidine rings is 1. The second kappa shape index (κ2) is 8.39. The molecule has 1 saturated heterocycles. The summed E-state index contributed by atoms with van der Waals surface area (Å²) in [5, 5.41) is 0. The molecule has 0 saturated carbocycles. The van der Waals surface area contributed by atoms with Gasteiger partial charge in [-0.25, -0.2) is 0 Å². The maximum absolute atomic E-state index is 5.91. The highest BCUT2D eigenvalue weighted by Crippen LogP contribution is 2.34. The van der Waals surface area contributed by atoms with Crippen LogP contribution in [0.2, 0.25) is 0 Å². The van der Waals surface area contributed by atoms with Crippen LogP contribution < -0.4 is 5.73 Å². The van der Waals surface area contributed by atoms with Gasteiger partial charge in [0.2, 0.25) is 0 Å². The van der Waals surface area contributed by atoms with Crippen molar-refractivity contribution in [2.75, 3.05) is 25.9 Å². The summed E-state index contributed by atoms with van der Waals surface area (Å²) >= 11 is 7.08. The minimum absolute atomic E-state index is 0.0774. The van der Waals surface area contributed by atoms with Crippen molar-refractivity contribution in [1.82, 2.24) is 4.90 Å². The van der Waals surface area contributed by atoms with Crippen LogP contribution in [0.5, 0.6) is 0 Å². The first-order chi connectivity index (χ1) is 8.64. The normalized spacial score (nSPS) is 19.9. The van der Waals surface area contributed by atoms with Crippen LogP contribution >= 0.6 is 24.0 Å². The van der Waals surface area contributed by atoms with E-state index in [-0.39, 0.29) is 4.75 Å². The van der Waals surface area contributed by atoms with Gasteiger partial charge in [0.25, 0.3) is 0 Å². The number of hydrogen-bond acceptors (Lipinski definition) is 3. The van der Waals surface area contributed by atoms with Crippen LogP contribution in [-0.2, 0) is 0 Å². The molecule has 4 heteroatoms. The monoisotopic (exact) mass is 288 g/mol. The molecule has 1 fully saturated rings. The highest BCUT2D eigenvalue weighted by atomic mass is 32.2. The van der Waals surface area contributed by atoms with Crippen LogP contribution in [-0.4, -0.2) is 40.5 Å².